The Hall–Kier alpha value is -0.110. The molecule has 2 saturated heterocycles. The van der Waals surface area contributed by atoms with Crippen LogP contribution in [0.3, 0.4) is 0 Å². The van der Waals surface area contributed by atoms with Gasteiger partial charge in [-0.05, 0) is 19.3 Å². The van der Waals surface area contributed by atoms with Gasteiger partial charge in [0.1, 0.15) is 0 Å². The lowest BCUT2D eigenvalue weighted by Gasteiger charge is -2.35. The molecule has 2 rings (SSSR count). The second-order valence-electron chi connectivity index (χ2n) is 8.35. The predicted octanol–water partition coefficient (Wildman–Crippen LogP) is 3.09. The zero-order valence-electron chi connectivity index (χ0n) is 16.4. The maximum Gasteiger partial charge on any atom is 0.639 e. The molecule has 0 atom stereocenters. The smallest absolute Gasteiger partial charge is 0.386 e. The van der Waals surface area contributed by atoms with Crippen LogP contribution in [0.15, 0.2) is 0 Å². The molecule has 0 aromatic carbocycles. The molecule has 6 nitrogen and oxygen atoms in total. The summed E-state index contributed by atoms with van der Waals surface area (Å²) in [6.07, 6.45) is 5.21. The molecule has 0 spiro atoms. The van der Waals surface area contributed by atoms with E-state index in [9.17, 15) is 0 Å². The number of hydrogen-bond donors (Lipinski definition) is 0. The van der Waals surface area contributed by atoms with E-state index in [0.29, 0.717) is 39.6 Å². The fourth-order valence-electron chi connectivity index (χ4n) is 2.80. The maximum absolute atomic E-state index is 5.70. The molecule has 25 heavy (non-hydrogen) atoms. The van der Waals surface area contributed by atoms with Gasteiger partial charge in [-0.2, -0.15) is 0 Å². The Morgan fingerprint density at radius 2 is 1.28 bits per heavy atom. The van der Waals surface area contributed by atoms with Gasteiger partial charge in [0.2, 0.25) is 0 Å². The molecule has 0 aromatic heterocycles. The standard InChI is InChI=1S/C17H34B2O6/c1-5-6-10-20-19-24-14-17(4,15-25-19)9-7-8-11-21-18-22-12-16(2,3)13-23-18/h5-15H2,1-4H3. The van der Waals surface area contributed by atoms with E-state index in [1.807, 2.05) is 0 Å². The lowest BCUT2D eigenvalue weighted by atomic mass is 9.84. The summed E-state index contributed by atoms with van der Waals surface area (Å²) in [6.45, 7) is 12.6. The SMILES string of the molecule is CCCCOB1OCC(C)(CCCCOB2OCC(C)(C)CO2)CO1. The molecule has 2 fully saturated rings. The van der Waals surface area contributed by atoms with Gasteiger partial charge in [0.25, 0.3) is 0 Å². The fourth-order valence-corrected chi connectivity index (χ4v) is 2.80. The van der Waals surface area contributed by atoms with E-state index >= 15 is 0 Å². The van der Waals surface area contributed by atoms with Crippen LogP contribution in [0.1, 0.15) is 59.8 Å². The molecule has 0 radical (unpaired) electrons. The second kappa shape index (κ2) is 10.3. The zero-order valence-corrected chi connectivity index (χ0v) is 16.4. The highest BCUT2D eigenvalue weighted by Gasteiger charge is 2.37. The normalized spacial score (nSPS) is 23.0. The Labute approximate surface area is 153 Å². The van der Waals surface area contributed by atoms with Crippen LogP contribution in [-0.2, 0) is 27.9 Å². The Morgan fingerprint density at radius 3 is 1.84 bits per heavy atom. The van der Waals surface area contributed by atoms with Crippen molar-refractivity contribution in [2.45, 2.75) is 59.8 Å². The van der Waals surface area contributed by atoms with Gasteiger partial charge in [0.15, 0.2) is 0 Å². The first-order valence-electron chi connectivity index (χ1n) is 9.62. The summed E-state index contributed by atoms with van der Waals surface area (Å²) < 4.78 is 33.7. The Morgan fingerprint density at radius 1 is 0.760 bits per heavy atom. The third-order valence-corrected chi connectivity index (χ3v) is 4.54. The highest BCUT2D eigenvalue weighted by Crippen LogP contribution is 2.29. The van der Waals surface area contributed by atoms with Gasteiger partial charge in [-0.1, -0.05) is 40.5 Å². The van der Waals surface area contributed by atoms with Crippen molar-refractivity contribution in [1.82, 2.24) is 0 Å². The third-order valence-electron chi connectivity index (χ3n) is 4.54. The molecule has 2 aliphatic heterocycles. The van der Waals surface area contributed by atoms with Gasteiger partial charge in [-0.25, -0.2) is 0 Å². The van der Waals surface area contributed by atoms with Crippen molar-refractivity contribution >= 4 is 14.6 Å². The van der Waals surface area contributed by atoms with Crippen LogP contribution in [0, 0.1) is 10.8 Å². The predicted molar refractivity (Wildman–Crippen MR) is 97.9 cm³/mol. The molecular weight excluding hydrogens is 322 g/mol. The van der Waals surface area contributed by atoms with E-state index in [1.165, 1.54) is 0 Å². The minimum absolute atomic E-state index is 0.0481. The fraction of sp³-hybridized carbons (Fsp3) is 1.00. The van der Waals surface area contributed by atoms with Crippen LogP contribution in [0.4, 0.5) is 0 Å². The maximum atomic E-state index is 5.70. The Kier molecular flexibility index (Phi) is 8.72. The van der Waals surface area contributed by atoms with Gasteiger partial charge >= 0.3 is 14.6 Å². The van der Waals surface area contributed by atoms with Crippen LogP contribution in [-0.4, -0.2) is 54.3 Å². The van der Waals surface area contributed by atoms with Crippen LogP contribution >= 0.6 is 0 Å². The molecule has 0 amide bonds. The molecule has 0 aliphatic carbocycles. The molecule has 144 valence electrons. The quantitative estimate of drug-likeness (QED) is 0.443. The first-order valence-corrected chi connectivity index (χ1v) is 9.62. The largest absolute Gasteiger partial charge is 0.639 e. The summed E-state index contributed by atoms with van der Waals surface area (Å²) in [5.41, 5.74) is 0.125. The second-order valence-corrected chi connectivity index (χ2v) is 8.35. The molecule has 8 heteroatoms. The zero-order chi connectivity index (χ0) is 18.2. The average Bonchev–Trinajstić information content (AvgIpc) is 2.58. The van der Waals surface area contributed by atoms with E-state index in [2.05, 4.69) is 27.7 Å². The van der Waals surface area contributed by atoms with Crippen molar-refractivity contribution in [2.24, 2.45) is 10.8 Å². The highest BCUT2D eigenvalue weighted by atomic mass is 16.7. The first kappa shape index (κ1) is 21.2. The lowest BCUT2D eigenvalue weighted by Crippen LogP contribution is -2.44. The van der Waals surface area contributed by atoms with Gasteiger partial charge < -0.3 is 27.9 Å². The van der Waals surface area contributed by atoms with Crippen molar-refractivity contribution in [3.8, 4) is 0 Å². The van der Waals surface area contributed by atoms with Gasteiger partial charge in [-0.15, -0.1) is 0 Å². The summed E-state index contributed by atoms with van der Waals surface area (Å²) in [7, 11) is -1.00. The molecule has 0 N–H and O–H groups in total. The van der Waals surface area contributed by atoms with Crippen molar-refractivity contribution in [3.05, 3.63) is 0 Å². The van der Waals surface area contributed by atoms with Gasteiger partial charge in [0, 0.05) is 50.5 Å². The van der Waals surface area contributed by atoms with Crippen LogP contribution < -0.4 is 0 Å². The number of hydrogen-bond acceptors (Lipinski definition) is 6. The topological polar surface area (TPSA) is 55.4 Å². The number of rotatable bonds is 10. The molecule has 2 aliphatic rings. The molecule has 0 saturated carbocycles. The summed E-state index contributed by atoms with van der Waals surface area (Å²) in [5, 5.41) is 0. The van der Waals surface area contributed by atoms with Gasteiger partial charge in [0.05, 0.1) is 0 Å². The summed E-state index contributed by atoms with van der Waals surface area (Å²) in [5.74, 6) is 0. The van der Waals surface area contributed by atoms with E-state index in [4.69, 9.17) is 27.9 Å². The Balaban J connectivity index is 1.50. The van der Waals surface area contributed by atoms with Crippen molar-refractivity contribution < 1.29 is 27.9 Å². The summed E-state index contributed by atoms with van der Waals surface area (Å²) >= 11 is 0. The van der Waals surface area contributed by atoms with E-state index in [0.717, 1.165) is 32.1 Å². The van der Waals surface area contributed by atoms with Crippen LogP contribution in [0.2, 0.25) is 0 Å². The number of unbranched alkanes of at least 4 members (excludes halogenated alkanes) is 2. The average molecular weight is 356 g/mol. The summed E-state index contributed by atoms with van der Waals surface area (Å²) in [6, 6.07) is 0. The molecule has 0 bridgehead atoms. The van der Waals surface area contributed by atoms with Crippen molar-refractivity contribution in [1.29, 1.82) is 0 Å². The summed E-state index contributed by atoms with van der Waals surface area (Å²) in [4.78, 5) is 0. The minimum Gasteiger partial charge on any atom is -0.386 e. The van der Waals surface area contributed by atoms with E-state index in [-0.39, 0.29) is 10.8 Å². The van der Waals surface area contributed by atoms with E-state index < -0.39 is 14.6 Å². The highest BCUT2D eigenvalue weighted by molar-refractivity contribution is 6.36. The molecule has 2 heterocycles. The first-order chi connectivity index (χ1) is 11.9. The Bertz CT molecular complexity index is 364. The van der Waals surface area contributed by atoms with Crippen molar-refractivity contribution in [2.75, 3.05) is 39.6 Å². The third kappa shape index (κ3) is 7.97. The van der Waals surface area contributed by atoms with Gasteiger partial charge in [-0.3, -0.25) is 0 Å². The molecule has 0 unspecified atom stereocenters. The minimum atomic E-state index is -0.508. The van der Waals surface area contributed by atoms with Crippen molar-refractivity contribution in [3.63, 3.8) is 0 Å². The van der Waals surface area contributed by atoms with E-state index in [1.54, 1.807) is 0 Å². The van der Waals surface area contributed by atoms with Crippen LogP contribution in [0.25, 0.3) is 0 Å². The lowest BCUT2D eigenvalue weighted by molar-refractivity contribution is -0.0342. The van der Waals surface area contributed by atoms with Crippen LogP contribution in [0.5, 0.6) is 0 Å². The molecule has 0 aromatic rings. The monoisotopic (exact) mass is 356 g/mol. The molecular formula is C17H34B2O6.